The van der Waals surface area contributed by atoms with Crippen molar-refractivity contribution in [3.63, 3.8) is 0 Å². The highest BCUT2D eigenvalue weighted by Gasteiger charge is 2.31. The molecule has 6 nitrogen and oxygen atoms in total. The third kappa shape index (κ3) is 3.17. The number of anilines is 2. The largest absolute Gasteiger partial charge is 0.383 e. The van der Waals surface area contributed by atoms with Gasteiger partial charge in [-0.05, 0) is 31.0 Å². The topological polar surface area (TPSA) is 67.3 Å². The lowest BCUT2D eigenvalue weighted by atomic mass is 10.1. The van der Waals surface area contributed by atoms with Gasteiger partial charge >= 0.3 is 0 Å². The number of nitrogens with one attached hydrogen (secondary N) is 1. The van der Waals surface area contributed by atoms with Gasteiger partial charge in [0.05, 0.1) is 6.61 Å². The summed E-state index contributed by atoms with van der Waals surface area (Å²) in [6.45, 7) is 3.20. The number of amides is 1. The van der Waals surface area contributed by atoms with Gasteiger partial charge in [-0.3, -0.25) is 4.79 Å². The van der Waals surface area contributed by atoms with Crippen LogP contribution < -0.4 is 10.2 Å². The van der Waals surface area contributed by atoms with E-state index < -0.39 is 0 Å². The van der Waals surface area contributed by atoms with Crippen LogP contribution in [0.2, 0.25) is 0 Å². The summed E-state index contributed by atoms with van der Waals surface area (Å²) in [6, 6.07) is 9.78. The van der Waals surface area contributed by atoms with Crippen LogP contribution in [-0.4, -0.2) is 42.2 Å². The fourth-order valence-corrected chi connectivity index (χ4v) is 2.83. The molecule has 120 valence electrons. The minimum absolute atomic E-state index is 0.0976. The van der Waals surface area contributed by atoms with E-state index in [1.807, 2.05) is 23.1 Å². The number of para-hydroxylation sites is 1. The first-order valence-electron chi connectivity index (χ1n) is 7.68. The SMILES string of the molecule is COCCNc1nccc(C(=O)N2c3ccccc3CC2C)n1. The van der Waals surface area contributed by atoms with Gasteiger partial charge in [0.25, 0.3) is 5.91 Å². The van der Waals surface area contributed by atoms with Crippen molar-refractivity contribution in [2.75, 3.05) is 30.5 Å². The molecule has 1 unspecified atom stereocenters. The molecule has 0 aliphatic carbocycles. The van der Waals surface area contributed by atoms with Crippen LogP contribution in [0.1, 0.15) is 23.0 Å². The van der Waals surface area contributed by atoms with E-state index in [0.29, 0.717) is 24.8 Å². The van der Waals surface area contributed by atoms with Crippen LogP contribution in [0, 0.1) is 0 Å². The van der Waals surface area contributed by atoms with E-state index in [9.17, 15) is 4.79 Å². The summed E-state index contributed by atoms with van der Waals surface area (Å²) in [5.74, 6) is 0.340. The summed E-state index contributed by atoms with van der Waals surface area (Å²) in [5, 5.41) is 3.04. The van der Waals surface area contributed by atoms with Crippen LogP contribution in [0.15, 0.2) is 36.5 Å². The van der Waals surface area contributed by atoms with Gasteiger partial charge in [0.2, 0.25) is 5.95 Å². The number of hydrogen-bond acceptors (Lipinski definition) is 5. The third-order valence-corrected chi connectivity index (χ3v) is 3.89. The molecule has 23 heavy (non-hydrogen) atoms. The van der Waals surface area contributed by atoms with Gasteiger partial charge in [-0.2, -0.15) is 0 Å². The Labute approximate surface area is 135 Å². The molecule has 0 bridgehead atoms. The van der Waals surface area contributed by atoms with Gasteiger partial charge in [-0.25, -0.2) is 9.97 Å². The van der Waals surface area contributed by atoms with Crippen molar-refractivity contribution in [3.8, 4) is 0 Å². The molecule has 0 saturated heterocycles. The first-order chi connectivity index (χ1) is 11.2. The standard InChI is InChI=1S/C17H20N4O2/c1-12-11-13-5-3-4-6-15(13)21(12)16(22)14-7-8-18-17(20-14)19-9-10-23-2/h3-8,12H,9-11H2,1-2H3,(H,18,19,20). The Hall–Kier alpha value is -2.47. The summed E-state index contributed by atoms with van der Waals surface area (Å²) in [6.07, 6.45) is 2.47. The number of nitrogens with zero attached hydrogens (tertiary/aromatic N) is 3. The lowest BCUT2D eigenvalue weighted by Crippen LogP contribution is -2.36. The van der Waals surface area contributed by atoms with Crippen LogP contribution in [0.25, 0.3) is 0 Å². The normalized spacial score (nSPS) is 16.3. The molecule has 2 aromatic rings. The van der Waals surface area contributed by atoms with Crippen LogP contribution in [0.3, 0.4) is 0 Å². The molecule has 1 aromatic carbocycles. The predicted molar refractivity (Wildman–Crippen MR) is 88.8 cm³/mol. The lowest BCUT2D eigenvalue weighted by molar-refractivity contribution is 0.0976. The smallest absolute Gasteiger partial charge is 0.277 e. The van der Waals surface area contributed by atoms with Gasteiger partial charge in [-0.15, -0.1) is 0 Å². The van der Waals surface area contributed by atoms with Crippen molar-refractivity contribution in [2.24, 2.45) is 0 Å². The molecule has 1 atom stereocenters. The number of hydrogen-bond donors (Lipinski definition) is 1. The first-order valence-corrected chi connectivity index (χ1v) is 7.68. The molecular weight excluding hydrogens is 292 g/mol. The van der Waals surface area contributed by atoms with Gasteiger partial charge in [0.15, 0.2) is 0 Å². The van der Waals surface area contributed by atoms with E-state index in [2.05, 4.69) is 28.3 Å². The van der Waals surface area contributed by atoms with Crippen molar-refractivity contribution >= 4 is 17.5 Å². The third-order valence-electron chi connectivity index (χ3n) is 3.89. The number of aromatic nitrogens is 2. The average molecular weight is 312 g/mol. The van der Waals surface area contributed by atoms with E-state index in [-0.39, 0.29) is 11.9 Å². The van der Waals surface area contributed by atoms with E-state index in [1.54, 1.807) is 19.4 Å². The molecule has 3 rings (SSSR count). The highest BCUT2D eigenvalue weighted by Crippen LogP contribution is 2.32. The molecule has 0 fully saturated rings. The van der Waals surface area contributed by atoms with Crippen molar-refractivity contribution in [1.29, 1.82) is 0 Å². The van der Waals surface area contributed by atoms with Gasteiger partial charge < -0.3 is 15.0 Å². The van der Waals surface area contributed by atoms with E-state index in [0.717, 1.165) is 12.1 Å². The summed E-state index contributed by atoms with van der Waals surface area (Å²) in [5.41, 5.74) is 2.56. The van der Waals surface area contributed by atoms with Crippen LogP contribution in [0.5, 0.6) is 0 Å². The molecule has 1 aromatic heterocycles. The quantitative estimate of drug-likeness (QED) is 0.857. The van der Waals surface area contributed by atoms with Crippen LogP contribution >= 0.6 is 0 Å². The zero-order chi connectivity index (χ0) is 16.2. The Morgan fingerprint density at radius 2 is 2.22 bits per heavy atom. The minimum atomic E-state index is -0.0976. The van der Waals surface area contributed by atoms with Gasteiger partial charge in [0.1, 0.15) is 5.69 Å². The Balaban J connectivity index is 1.82. The van der Waals surface area contributed by atoms with Gasteiger partial charge in [-0.1, -0.05) is 18.2 Å². The number of rotatable bonds is 5. The number of fused-ring (bicyclic) bond motifs is 1. The molecule has 6 heteroatoms. The van der Waals surface area contributed by atoms with Crippen molar-refractivity contribution in [1.82, 2.24) is 9.97 Å². The summed E-state index contributed by atoms with van der Waals surface area (Å²) in [4.78, 5) is 23.2. The van der Waals surface area contributed by atoms with E-state index in [1.165, 1.54) is 5.56 Å². The van der Waals surface area contributed by atoms with Crippen molar-refractivity contribution in [2.45, 2.75) is 19.4 Å². The zero-order valence-electron chi connectivity index (χ0n) is 13.3. The number of carbonyl (C=O) groups is 1. The molecule has 1 aliphatic rings. The maximum atomic E-state index is 12.9. The highest BCUT2D eigenvalue weighted by molar-refractivity contribution is 6.06. The van der Waals surface area contributed by atoms with Crippen LogP contribution in [0.4, 0.5) is 11.6 Å². The molecule has 0 spiro atoms. The molecule has 1 amide bonds. The second-order valence-corrected chi connectivity index (χ2v) is 5.54. The summed E-state index contributed by atoms with van der Waals surface area (Å²) in [7, 11) is 1.63. The highest BCUT2D eigenvalue weighted by atomic mass is 16.5. The molecule has 0 saturated carbocycles. The summed E-state index contributed by atoms with van der Waals surface area (Å²) >= 11 is 0. The van der Waals surface area contributed by atoms with Crippen molar-refractivity contribution in [3.05, 3.63) is 47.8 Å². The molecule has 2 heterocycles. The lowest BCUT2D eigenvalue weighted by Gasteiger charge is -2.22. The first kappa shape index (κ1) is 15.4. The predicted octanol–water partition coefficient (Wildman–Crippen LogP) is 2.13. The average Bonchev–Trinajstić information content (AvgIpc) is 2.90. The maximum Gasteiger partial charge on any atom is 0.277 e. The molecule has 1 aliphatic heterocycles. The second-order valence-electron chi connectivity index (χ2n) is 5.54. The Kier molecular flexibility index (Phi) is 4.52. The maximum absolute atomic E-state index is 12.9. The van der Waals surface area contributed by atoms with E-state index in [4.69, 9.17) is 4.74 Å². The minimum Gasteiger partial charge on any atom is -0.383 e. The molecule has 0 radical (unpaired) electrons. The fraction of sp³-hybridized carbons (Fsp3) is 0.353. The molecule has 1 N–H and O–H groups in total. The Morgan fingerprint density at radius 3 is 3.04 bits per heavy atom. The van der Waals surface area contributed by atoms with Crippen molar-refractivity contribution < 1.29 is 9.53 Å². The molecular formula is C17H20N4O2. The number of benzene rings is 1. The second kappa shape index (κ2) is 6.75. The van der Waals surface area contributed by atoms with E-state index >= 15 is 0 Å². The van der Waals surface area contributed by atoms with Gasteiger partial charge in [0, 0.05) is 31.6 Å². The Morgan fingerprint density at radius 1 is 1.39 bits per heavy atom. The monoisotopic (exact) mass is 312 g/mol. The number of carbonyl (C=O) groups excluding carboxylic acids is 1. The Bertz CT molecular complexity index is 704. The summed E-state index contributed by atoms with van der Waals surface area (Å²) < 4.78 is 4.98. The fourth-order valence-electron chi connectivity index (χ4n) is 2.83. The number of methoxy groups -OCH3 is 1. The zero-order valence-corrected chi connectivity index (χ0v) is 13.3. The number of ether oxygens (including phenoxy) is 1. The van der Waals surface area contributed by atoms with Crippen LogP contribution in [-0.2, 0) is 11.2 Å².